The van der Waals surface area contributed by atoms with Crippen LogP contribution in [0.15, 0.2) is 30.3 Å². The van der Waals surface area contributed by atoms with Gasteiger partial charge in [0.05, 0.1) is 20.8 Å². The summed E-state index contributed by atoms with van der Waals surface area (Å²) in [4.78, 5) is 24.9. The summed E-state index contributed by atoms with van der Waals surface area (Å²) in [6, 6.07) is 9.35. The molecule has 1 N–H and O–H groups in total. The van der Waals surface area contributed by atoms with Gasteiger partial charge in [0.25, 0.3) is 5.91 Å². The zero-order valence-corrected chi connectivity index (χ0v) is 18.8. The van der Waals surface area contributed by atoms with Crippen molar-refractivity contribution >= 4 is 11.9 Å². The van der Waals surface area contributed by atoms with Gasteiger partial charge in [0, 0.05) is 17.7 Å². The van der Waals surface area contributed by atoms with Crippen LogP contribution in [0.5, 0.6) is 17.2 Å². The topological polar surface area (TPSA) is 83.1 Å². The van der Waals surface area contributed by atoms with E-state index in [-0.39, 0.29) is 18.5 Å². The summed E-state index contributed by atoms with van der Waals surface area (Å²) in [5, 5.41) is 2.88. The number of rotatable bonds is 9. The van der Waals surface area contributed by atoms with E-state index in [0.29, 0.717) is 36.0 Å². The predicted octanol–water partition coefficient (Wildman–Crippen LogP) is 4.12. The zero-order chi connectivity index (χ0) is 22.7. The van der Waals surface area contributed by atoms with Crippen molar-refractivity contribution in [2.75, 3.05) is 27.4 Å². The van der Waals surface area contributed by atoms with Crippen LogP contribution in [-0.2, 0) is 16.1 Å². The van der Waals surface area contributed by atoms with Crippen LogP contribution in [0.2, 0.25) is 0 Å². The molecule has 1 amide bonds. The molecule has 2 aliphatic rings. The third-order valence-corrected chi connectivity index (χ3v) is 6.31. The van der Waals surface area contributed by atoms with Gasteiger partial charge in [-0.2, -0.15) is 0 Å². The highest BCUT2D eigenvalue weighted by Gasteiger charge is 2.47. The fourth-order valence-corrected chi connectivity index (χ4v) is 4.33. The molecule has 1 aliphatic heterocycles. The normalized spacial score (nSPS) is 15.9. The second-order valence-electron chi connectivity index (χ2n) is 8.25. The molecule has 1 heterocycles. The fraction of sp³-hybridized carbons (Fsp3) is 0.440. The summed E-state index contributed by atoms with van der Waals surface area (Å²) in [6.45, 7) is 3.03. The molecule has 170 valence electrons. The number of carbonyl (C=O) groups is 2. The Morgan fingerprint density at radius 2 is 1.81 bits per heavy atom. The highest BCUT2D eigenvalue weighted by Crippen LogP contribution is 2.48. The smallest absolute Gasteiger partial charge is 0.315 e. The Balaban J connectivity index is 1.73. The number of fused-ring (bicyclic) bond motifs is 1. The Bertz CT molecular complexity index is 1030. The van der Waals surface area contributed by atoms with E-state index in [0.717, 1.165) is 42.4 Å². The van der Waals surface area contributed by atoms with Crippen molar-refractivity contribution in [3.05, 3.63) is 41.5 Å². The minimum atomic E-state index is -0.642. The third kappa shape index (κ3) is 3.76. The average Bonchev–Trinajstić information content (AvgIpc) is 3.17. The molecule has 32 heavy (non-hydrogen) atoms. The molecular weight excluding hydrogens is 410 g/mol. The van der Waals surface area contributed by atoms with Gasteiger partial charge in [-0.15, -0.1) is 0 Å². The van der Waals surface area contributed by atoms with Crippen molar-refractivity contribution in [3.63, 3.8) is 0 Å². The van der Waals surface area contributed by atoms with Gasteiger partial charge in [0.1, 0.15) is 12.0 Å². The molecule has 0 saturated heterocycles. The largest absolute Gasteiger partial charge is 0.493 e. The molecule has 0 aromatic heterocycles. The summed E-state index contributed by atoms with van der Waals surface area (Å²) in [5.41, 5.74) is 2.59. The van der Waals surface area contributed by atoms with Crippen LogP contribution in [0.1, 0.15) is 48.5 Å². The SMILES string of the molecule is CCCOC(=O)C1(COc2c(-c3cccc4c3CNC4=O)ccc(OC)c2OC)CCC1. The molecule has 4 rings (SSSR count). The first-order valence-corrected chi connectivity index (χ1v) is 11.0. The van der Waals surface area contributed by atoms with Gasteiger partial charge in [-0.1, -0.05) is 25.5 Å². The average molecular weight is 440 g/mol. The van der Waals surface area contributed by atoms with Crippen molar-refractivity contribution in [1.82, 2.24) is 5.32 Å². The molecule has 0 radical (unpaired) electrons. The van der Waals surface area contributed by atoms with Gasteiger partial charge >= 0.3 is 5.97 Å². The summed E-state index contributed by atoms with van der Waals surface area (Å²) in [7, 11) is 3.13. The molecule has 7 heteroatoms. The lowest BCUT2D eigenvalue weighted by atomic mass is 9.69. The molecule has 0 unspecified atom stereocenters. The van der Waals surface area contributed by atoms with Crippen LogP contribution < -0.4 is 19.5 Å². The molecule has 1 fully saturated rings. The van der Waals surface area contributed by atoms with Crippen LogP contribution in [0.25, 0.3) is 11.1 Å². The second kappa shape index (κ2) is 9.10. The Labute approximate surface area is 188 Å². The van der Waals surface area contributed by atoms with Gasteiger partial charge in [-0.05, 0) is 48.6 Å². The molecule has 0 bridgehead atoms. The highest BCUT2D eigenvalue weighted by atomic mass is 16.5. The number of carbonyl (C=O) groups excluding carboxylic acids is 2. The number of methoxy groups -OCH3 is 2. The van der Waals surface area contributed by atoms with Crippen molar-refractivity contribution < 1.29 is 28.5 Å². The Morgan fingerprint density at radius 3 is 2.47 bits per heavy atom. The number of esters is 1. The second-order valence-corrected chi connectivity index (χ2v) is 8.25. The lowest BCUT2D eigenvalue weighted by Crippen LogP contribution is -2.44. The molecule has 0 atom stereocenters. The lowest BCUT2D eigenvalue weighted by Gasteiger charge is -2.39. The number of amides is 1. The maximum atomic E-state index is 12.7. The van der Waals surface area contributed by atoms with E-state index < -0.39 is 5.41 Å². The fourth-order valence-electron chi connectivity index (χ4n) is 4.33. The van der Waals surface area contributed by atoms with Crippen LogP contribution in [0.4, 0.5) is 0 Å². The van der Waals surface area contributed by atoms with Gasteiger partial charge in [0.15, 0.2) is 11.5 Å². The van der Waals surface area contributed by atoms with Crippen molar-refractivity contribution in [3.8, 4) is 28.4 Å². The first-order valence-electron chi connectivity index (χ1n) is 11.0. The van der Waals surface area contributed by atoms with Gasteiger partial charge < -0.3 is 24.3 Å². The standard InChI is InChI=1S/C25H29NO6/c1-4-13-31-24(28)25(11-6-12-25)15-32-21-17(9-10-20(29-2)22(21)30-3)16-7-5-8-18-19(16)14-26-23(18)27/h5,7-10H,4,6,11-15H2,1-3H3,(H,26,27). The van der Waals surface area contributed by atoms with Gasteiger partial charge in [-0.25, -0.2) is 0 Å². The van der Waals surface area contributed by atoms with E-state index in [1.54, 1.807) is 14.2 Å². The first-order chi connectivity index (χ1) is 15.5. The number of ether oxygens (including phenoxy) is 4. The molecule has 1 aliphatic carbocycles. The molecule has 7 nitrogen and oxygen atoms in total. The van der Waals surface area contributed by atoms with E-state index >= 15 is 0 Å². The van der Waals surface area contributed by atoms with Crippen LogP contribution in [0.3, 0.4) is 0 Å². The summed E-state index contributed by atoms with van der Waals surface area (Å²) in [5.74, 6) is 1.19. The number of benzene rings is 2. The Hall–Kier alpha value is -3.22. The lowest BCUT2D eigenvalue weighted by molar-refractivity contribution is -0.164. The van der Waals surface area contributed by atoms with Crippen molar-refractivity contribution in [2.24, 2.45) is 5.41 Å². The van der Waals surface area contributed by atoms with E-state index in [1.165, 1.54) is 0 Å². The monoisotopic (exact) mass is 439 g/mol. The van der Waals surface area contributed by atoms with Gasteiger partial charge in [0.2, 0.25) is 5.75 Å². The molecule has 2 aromatic rings. The summed E-state index contributed by atoms with van der Waals surface area (Å²) in [6.07, 6.45) is 3.21. The van der Waals surface area contributed by atoms with Crippen LogP contribution in [0, 0.1) is 5.41 Å². The minimum absolute atomic E-state index is 0.0862. The predicted molar refractivity (Wildman–Crippen MR) is 119 cm³/mol. The van der Waals surface area contributed by atoms with Crippen molar-refractivity contribution in [2.45, 2.75) is 39.2 Å². The molecule has 0 spiro atoms. The van der Waals surface area contributed by atoms with Gasteiger partial charge in [-0.3, -0.25) is 9.59 Å². The summed E-state index contributed by atoms with van der Waals surface area (Å²) >= 11 is 0. The number of hydrogen-bond donors (Lipinski definition) is 1. The zero-order valence-electron chi connectivity index (χ0n) is 18.8. The number of nitrogens with one attached hydrogen (secondary N) is 1. The quantitative estimate of drug-likeness (QED) is 0.592. The van der Waals surface area contributed by atoms with E-state index in [4.69, 9.17) is 18.9 Å². The molecule has 2 aromatic carbocycles. The highest BCUT2D eigenvalue weighted by molar-refractivity contribution is 6.01. The van der Waals surface area contributed by atoms with Crippen LogP contribution >= 0.6 is 0 Å². The van der Waals surface area contributed by atoms with E-state index in [1.807, 2.05) is 37.3 Å². The Morgan fingerprint density at radius 1 is 1.03 bits per heavy atom. The summed E-state index contributed by atoms with van der Waals surface area (Å²) < 4.78 is 22.9. The maximum Gasteiger partial charge on any atom is 0.315 e. The Kier molecular flexibility index (Phi) is 6.26. The first kappa shape index (κ1) is 22.0. The molecular formula is C25H29NO6. The number of hydrogen-bond acceptors (Lipinski definition) is 6. The van der Waals surface area contributed by atoms with Crippen molar-refractivity contribution in [1.29, 1.82) is 0 Å². The third-order valence-electron chi connectivity index (χ3n) is 6.31. The maximum absolute atomic E-state index is 12.7. The minimum Gasteiger partial charge on any atom is -0.493 e. The van der Waals surface area contributed by atoms with Crippen LogP contribution in [-0.4, -0.2) is 39.3 Å². The van der Waals surface area contributed by atoms with E-state index in [9.17, 15) is 9.59 Å². The molecule has 1 saturated carbocycles. The van der Waals surface area contributed by atoms with E-state index in [2.05, 4.69) is 5.32 Å².